The number of methoxy groups -OCH3 is 2. The van der Waals surface area contributed by atoms with Gasteiger partial charge in [-0.25, -0.2) is 9.59 Å². The van der Waals surface area contributed by atoms with Gasteiger partial charge in [0.05, 0.1) is 26.3 Å². The Kier molecular flexibility index (Phi) is 9.67. The number of esters is 1. The normalized spacial score (nSPS) is 17.7. The Morgan fingerprint density at radius 1 is 1.07 bits per heavy atom. The maximum Gasteiger partial charge on any atom is 0.410 e. The lowest BCUT2D eigenvalue weighted by Crippen LogP contribution is -2.48. The summed E-state index contributed by atoms with van der Waals surface area (Å²) in [4.78, 5) is 26.5. The van der Waals surface area contributed by atoms with E-state index in [1.165, 1.54) is 32.8 Å². The highest BCUT2D eigenvalue weighted by Crippen LogP contribution is 2.29. The van der Waals surface area contributed by atoms with Crippen molar-refractivity contribution in [2.75, 3.05) is 20.8 Å². The first kappa shape index (κ1) is 23.3. The van der Waals surface area contributed by atoms with Crippen molar-refractivity contribution in [1.82, 2.24) is 4.90 Å². The van der Waals surface area contributed by atoms with E-state index in [0.29, 0.717) is 17.8 Å². The maximum absolute atomic E-state index is 12.7. The maximum atomic E-state index is 12.7. The number of amides is 1. The Morgan fingerprint density at radius 3 is 2.26 bits per heavy atom. The first-order valence-corrected chi connectivity index (χ1v) is 10.1. The summed E-state index contributed by atoms with van der Waals surface area (Å²) in [7, 11) is 2.89. The summed E-state index contributed by atoms with van der Waals surface area (Å²) in [6, 6.07) is -0.0330. The van der Waals surface area contributed by atoms with Gasteiger partial charge in [0.15, 0.2) is 0 Å². The molecule has 0 aromatic carbocycles. The standard InChI is InChI=1S/C21H37NO5/c1-7-8-9-10-11-12-13-16-14-18(25-5)17(19(23)26-6)15-22(16)20(24)27-21(2,3)4/h16H,7-15H2,1-6H3. The van der Waals surface area contributed by atoms with Gasteiger partial charge < -0.3 is 19.1 Å². The lowest BCUT2D eigenvalue weighted by Gasteiger charge is -2.37. The first-order valence-electron chi connectivity index (χ1n) is 10.1. The van der Waals surface area contributed by atoms with Gasteiger partial charge in [0.25, 0.3) is 0 Å². The lowest BCUT2D eigenvalue weighted by atomic mass is 9.95. The number of hydrogen-bond donors (Lipinski definition) is 0. The summed E-state index contributed by atoms with van der Waals surface area (Å²) in [6.45, 7) is 7.89. The van der Waals surface area contributed by atoms with Crippen LogP contribution in [0.1, 0.15) is 79.1 Å². The van der Waals surface area contributed by atoms with E-state index in [2.05, 4.69) is 6.92 Å². The SMILES string of the molecule is CCCCCCCCC1CC(OC)=C(C(=O)OC)CN1C(=O)OC(C)(C)C. The molecule has 0 aromatic heterocycles. The molecule has 0 aliphatic carbocycles. The van der Waals surface area contributed by atoms with Gasteiger partial charge >= 0.3 is 12.1 Å². The Hall–Kier alpha value is -1.72. The molecule has 1 aliphatic heterocycles. The molecular formula is C21H37NO5. The quantitative estimate of drug-likeness (QED) is 0.422. The number of hydrogen-bond acceptors (Lipinski definition) is 5. The van der Waals surface area contributed by atoms with Gasteiger partial charge in [-0.1, -0.05) is 45.4 Å². The van der Waals surface area contributed by atoms with Crippen molar-refractivity contribution in [2.24, 2.45) is 0 Å². The second-order valence-corrected chi connectivity index (χ2v) is 8.12. The molecule has 0 fully saturated rings. The summed E-state index contributed by atoms with van der Waals surface area (Å²) in [5.41, 5.74) is -0.191. The number of nitrogens with zero attached hydrogens (tertiary/aromatic N) is 1. The van der Waals surface area contributed by atoms with Gasteiger partial charge in [0.2, 0.25) is 0 Å². The molecule has 1 unspecified atom stereocenters. The average molecular weight is 384 g/mol. The lowest BCUT2D eigenvalue weighted by molar-refractivity contribution is -0.137. The number of ether oxygens (including phenoxy) is 3. The van der Waals surface area contributed by atoms with Crippen molar-refractivity contribution < 1.29 is 23.8 Å². The van der Waals surface area contributed by atoms with Crippen LogP contribution in [0, 0.1) is 0 Å². The van der Waals surface area contributed by atoms with Crippen LogP contribution in [0.2, 0.25) is 0 Å². The minimum Gasteiger partial charge on any atom is -0.500 e. The van der Waals surface area contributed by atoms with Gasteiger partial charge in [-0.3, -0.25) is 0 Å². The zero-order chi connectivity index (χ0) is 20.4. The molecule has 1 amide bonds. The summed E-state index contributed by atoms with van der Waals surface area (Å²) in [5.74, 6) is 0.149. The van der Waals surface area contributed by atoms with Crippen molar-refractivity contribution in [2.45, 2.75) is 90.7 Å². The predicted octanol–water partition coefficient (Wildman–Crippen LogP) is 4.82. The number of rotatable bonds is 9. The third-order valence-electron chi connectivity index (χ3n) is 4.72. The highest BCUT2D eigenvalue weighted by Gasteiger charge is 2.36. The van der Waals surface area contributed by atoms with Crippen LogP contribution in [0.25, 0.3) is 0 Å². The summed E-state index contributed by atoms with van der Waals surface area (Å²) < 4.78 is 15.9. The molecule has 1 heterocycles. The highest BCUT2D eigenvalue weighted by atomic mass is 16.6. The summed E-state index contributed by atoms with van der Waals surface area (Å²) >= 11 is 0. The van der Waals surface area contributed by atoms with E-state index in [0.717, 1.165) is 19.3 Å². The zero-order valence-corrected chi connectivity index (χ0v) is 17.9. The summed E-state index contributed by atoms with van der Waals surface area (Å²) in [5, 5.41) is 0. The second kappa shape index (κ2) is 11.2. The topological polar surface area (TPSA) is 65.1 Å². The number of carbonyl (C=O) groups excluding carboxylic acids is 2. The Morgan fingerprint density at radius 2 is 1.70 bits per heavy atom. The zero-order valence-electron chi connectivity index (χ0n) is 17.9. The highest BCUT2D eigenvalue weighted by molar-refractivity contribution is 5.90. The van der Waals surface area contributed by atoms with Gasteiger partial charge in [-0.2, -0.15) is 0 Å². The van der Waals surface area contributed by atoms with Crippen molar-refractivity contribution in [3.63, 3.8) is 0 Å². The van der Waals surface area contributed by atoms with Crippen LogP contribution in [0.4, 0.5) is 4.79 Å². The Bertz CT molecular complexity index is 521. The van der Waals surface area contributed by atoms with E-state index in [1.54, 1.807) is 12.0 Å². The fourth-order valence-corrected chi connectivity index (χ4v) is 3.30. The van der Waals surface area contributed by atoms with Crippen LogP contribution >= 0.6 is 0 Å². The van der Waals surface area contributed by atoms with Crippen molar-refractivity contribution in [1.29, 1.82) is 0 Å². The molecule has 6 heteroatoms. The van der Waals surface area contributed by atoms with Crippen LogP contribution < -0.4 is 0 Å². The van der Waals surface area contributed by atoms with E-state index in [1.807, 2.05) is 20.8 Å². The molecule has 1 rings (SSSR count). The molecule has 156 valence electrons. The second-order valence-electron chi connectivity index (χ2n) is 8.12. The molecule has 1 aliphatic rings. The third-order valence-corrected chi connectivity index (χ3v) is 4.72. The predicted molar refractivity (Wildman–Crippen MR) is 105 cm³/mol. The Labute approximate surface area is 164 Å². The molecule has 0 bridgehead atoms. The minimum atomic E-state index is -0.585. The van der Waals surface area contributed by atoms with Crippen LogP contribution in [0.5, 0.6) is 0 Å². The first-order chi connectivity index (χ1) is 12.7. The van der Waals surface area contributed by atoms with E-state index in [4.69, 9.17) is 14.2 Å². The smallest absolute Gasteiger partial charge is 0.410 e. The summed E-state index contributed by atoms with van der Waals surface area (Å²) in [6.07, 6.45) is 8.14. The van der Waals surface area contributed by atoms with Crippen molar-refractivity contribution in [3.05, 3.63) is 11.3 Å². The van der Waals surface area contributed by atoms with E-state index >= 15 is 0 Å². The molecule has 0 aromatic rings. The molecule has 0 radical (unpaired) electrons. The third kappa shape index (κ3) is 7.81. The average Bonchev–Trinajstić information content (AvgIpc) is 2.61. The van der Waals surface area contributed by atoms with Gasteiger partial charge in [0.1, 0.15) is 11.4 Å². The van der Waals surface area contributed by atoms with Crippen molar-refractivity contribution >= 4 is 12.1 Å². The van der Waals surface area contributed by atoms with Crippen LogP contribution in [-0.4, -0.2) is 49.4 Å². The molecule has 27 heavy (non-hydrogen) atoms. The monoisotopic (exact) mass is 383 g/mol. The van der Waals surface area contributed by atoms with Crippen molar-refractivity contribution in [3.8, 4) is 0 Å². The molecular weight excluding hydrogens is 346 g/mol. The van der Waals surface area contributed by atoms with Crippen LogP contribution in [0.15, 0.2) is 11.3 Å². The van der Waals surface area contributed by atoms with E-state index in [9.17, 15) is 9.59 Å². The van der Waals surface area contributed by atoms with Crippen LogP contribution in [-0.2, 0) is 19.0 Å². The van der Waals surface area contributed by atoms with E-state index in [-0.39, 0.29) is 12.6 Å². The van der Waals surface area contributed by atoms with Crippen LogP contribution in [0.3, 0.4) is 0 Å². The fraction of sp³-hybridized carbons (Fsp3) is 0.810. The van der Waals surface area contributed by atoms with Gasteiger partial charge in [-0.15, -0.1) is 0 Å². The van der Waals surface area contributed by atoms with E-state index < -0.39 is 17.7 Å². The largest absolute Gasteiger partial charge is 0.500 e. The molecule has 0 saturated heterocycles. The molecule has 0 N–H and O–H groups in total. The minimum absolute atomic E-state index is 0.0330. The Balaban J connectivity index is 2.86. The molecule has 1 atom stereocenters. The molecule has 0 spiro atoms. The number of unbranched alkanes of at least 4 members (excludes halogenated alkanes) is 5. The van der Waals surface area contributed by atoms with Gasteiger partial charge in [0, 0.05) is 12.5 Å². The molecule has 6 nitrogen and oxygen atoms in total. The van der Waals surface area contributed by atoms with Gasteiger partial charge in [-0.05, 0) is 27.2 Å². The fourth-order valence-electron chi connectivity index (χ4n) is 3.30. The molecule has 0 saturated carbocycles. The number of carbonyl (C=O) groups is 2.